The molecule has 25 heavy (non-hydrogen) atoms. The van der Waals surface area contributed by atoms with E-state index in [4.69, 9.17) is 0 Å². The van der Waals surface area contributed by atoms with Crippen molar-refractivity contribution in [2.75, 3.05) is 13.6 Å². The summed E-state index contributed by atoms with van der Waals surface area (Å²) >= 11 is 0. The van der Waals surface area contributed by atoms with Crippen molar-refractivity contribution in [3.63, 3.8) is 0 Å². The number of aromatic amines is 1. The van der Waals surface area contributed by atoms with E-state index in [0.29, 0.717) is 6.42 Å². The maximum Gasteiger partial charge on any atom is 0.226 e. The Bertz CT molecular complexity index is 903. The van der Waals surface area contributed by atoms with Gasteiger partial charge in [0.25, 0.3) is 0 Å². The third-order valence-electron chi connectivity index (χ3n) is 5.46. The molecule has 4 rings (SSSR count). The Morgan fingerprint density at radius 1 is 1.12 bits per heavy atom. The Morgan fingerprint density at radius 3 is 2.56 bits per heavy atom. The number of likely N-dealkylation sites (N-methyl/N-ethyl adjacent to an activating group) is 1. The molecule has 2 aromatic carbocycles. The maximum atomic E-state index is 12.7. The molecule has 1 heterocycles. The van der Waals surface area contributed by atoms with Gasteiger partial charge in [-0.15, -0.1) is 0 Å². The highest BCUT2D eigenvalue weighted by Crippen LogP contribution is 2.50. The maximum absolute atomic E-state index is 12.7. The summed E-state index contributed by atoms with van der Waals surface area (Å²) in [5.74, 6) is 0.190. The zero-order chi connectivity index (χ0) is 17.4. The zero-order valence-corrected chi connectivity index (χ0v) is 14.9. The molecule has 3 nitrogen and oxygen atoms in total. The molecule has 1 N–H and O–H groups in total. The van der Waals surface area contributed by atoms with Crippen molar-refractivity contribution >= 4 is 16.8 Å². The van der Waals surface area contributed by atoms with Crippen LogP contribution in [0.2, 0.25) is 0 Å². The Labute approximate surface area is 148 Å². The minimum absolute atomic E-state index is 0.122. The Morgan fingerprint density at radius 2 is 1.84 bits per heavy atom. The zero-order valence-electron chi connectivity index (χ0n) is 14.9. The second kappa shape index (κ2) is 6.07. The van der Waals surface area contributed by atoms with Crippen molar-refractivity contribution in [2.45, 2.75) is 31.6 Å². The van der Waals surface area contributed by atoms with E-state index in [0.717, 1.165) is 24.9 Å². The summed E-state index contributed by atoms with van der Waals surface area (Å²) in [5.41, 5.74) is 4.97. The molecule has 128 valence electrons. The van der Waals surface area contributed by atoms with Crippen LogP contribution in [0.4, 0.5) is 0 Å². The number of nitrogens with zero attached hydrogens (tertiary/aromatic N) is 1. The van der Waals surface area contributed by atoms with Crippen LogP contribution in [0.3, 0.4) is 0 Å². The van der Waals surface area contributed by atoms with E-state index in [1.165, 1.54) is 22.0 Å². The normalized spacial score (nSPS) is 15.3. The van der Waals surface area contributed by atoms with Gasteiger partial charge in [-0.05, 0) is 37.0 Å². The Balaban J connectivity index is 1.49. The summed E-state index contributed by atoms with van der Waals surface area (Å²) in [4.78, 5) is 17.9. The van der Waals surface area contributed by atoms with E-state index in [2.05, 4.69) is 54.5 Å². The topological polar surface area (TPSA) is 36.1 Å². The highest BCUT2D eigenvalue weighted by Gasteiger charge is 2.47. The predicted molar refractivity (Wildman–Crippen MR) is 102 cm³/mol. The van der Waals surface area contributed by atoms with Crippen molar-refractivity contribution in [3.05, 3.63) is 71.4 Å². The van der Waals surface area contributed by atoms with Crippen molar-refractivity contribution < 1.29 is 4.79 Å². The van der Waals surface area contributed by atoms with Gasteiger partial charge in [-0.1, -0.05) is 48.0 Å². The molecule has 3 aromatic rings. The van der Waals surface area contributed by atoms with Gasteiger partial charge in [0, 0.05) is 36.1 Å². The largest absolute Gasteiger partial charge is 0.361 e. The molecule has 1 amide bonds. The third kappa shape index (κ3) is 3.07. The molecule has 1 aromatic heterocycles. The second-order valence-electron chi connectivity index (χ2n) is 7.44. The molecule has 0 atom stereocenters. The Kier molecular flexibility index (Phi) is 3.87. The highest BCUT2D eigenvalue weighted by atomic mass is 16.2. The number of para-hydroxylation sites is 1. The number of aryl methyl sites for hydroxylation is 1. The highest BCUT2D eigenvalue weighted by molar-refractivity contribution is 5.85. The number of nitrogens with one attached hydrogen (secondary N) is 1. The monoisotopic (exact) mass is 332 g/mol. The summed E-state index contributed by atoms with van der Waals surface area (Å²) < 4.78 is 0. The van der Waals surface area contributed by atoms with Gasteiger partial charge in [0.2, 0.25) is 5.91 Å². The van der Waals surface area contributed by atoms with Gasteiger partial charge < -0.3 is 9.88 Å². The standard InChI is InChI=1S/C22H24N2O/c1-16-7-9-17(10-8-16)13-21(25)24(2)15-22(11-12-22)19-14-23-20-6-4-3-5-18(19)20/h3-10,14,23H,11-13,15H2,1-2H3. The van der Waals surface area contributed by atoms with E-state index in [1.807, 2.05) is 24.1 Å². The van der Waals surface area contributed by atoms with Gasteiger partial charge in [-0.25, -0.2) is 0 Å². The molecule has 1 aliphatic carbocycles. The van der Waals surface area contributed by atoms with Crippen molar-refractivity contribution in [1.82, 2.24) is 9.88 Å². The predicted octanol–water partition coefficient (Wildman–Crippen LogP) is 4.21. The third-order valence-corrected chi connectivity index (χ3v) is 5.46. The summed E-state index contributed by atoms with van der Waals surface area (Å²) in [7, 11) is 1.94. The number of H-pyrrole nitrogens is 1. The first-order valence-corrected chi connectivity index (χ1v) is 8.94. The molecule has 0 bridgehead atoms. The first kappa shape index (κ1) is 15.9. The fourth-order valence-electron chi connectivity index (χ4n) is 3.73. The molecular weight excluding hydrogens is 308 g/mol. The number of rotatable bonds is 5. The average Bonchev–Trinajstić information content (AvgIpc) is 3.25. The molecule has 0 spiro atoms. The summed E-state index contributed by atoms with van der Waals surface area (Å²) in [6.07, 6.45) is 4.91. The molecule has 1 fully saturated rings. The summed E-state index contributed by atoms with van der Waals surface area (Å²) in [6.45, 7) is 2.86. The van der Waals surface area contributed by atoms with Crippen LogP contribution in [0.15, 0.2) is 54.7 Å². The molecule has 3 heteroatoms. The van der Waals surface area contributed by atoms with Crippen LogP contribution in [0.5, 0.6) is 0 Å². The number of aromatic nitrogens is 1. The lowest BCUT2D eigenvalue weighted by atomic mass is 9.94. The minimum atomic E-state index is 0.122. The average molecular weight is 332 g/mol. The van der Waals surface area contributed by atoms with Crippen LogP contribution < -0.4 is 0 Å². The number of amides is 1. The van der Waals surface area contributed by atoms with Gasteiger partial charge in [0.15, 0.2) is 0 Å². The lowest BCUT2D eigenvalue weighted by Crippen LogP contribution is -2.35. The number of fused-ring (bicyclic) bond motifs is 1. The van der Waals surface area contributed by atoms with Crippen LogP contribution in [-0.2, 0) is 16.6 Å². The SMILES string of the molecule is Cc1ccc(CC(=O)N(C)CC2(c3c[nH]c4ccccc34)CC2)cc1. The number of carbonyl (C=O) groups is 1. The van der Waals surface area contributed by atoms with Crippen LogP contribution in [0.25, 0.3) is 10.9 Å². The van der Waals surface area contributed by atoms with E-state index >= 15 is 0 Å². The van der Waals surface area contributed by atoms with E-state index < -0.39 is 0 Å². The lowest BCUT2D eigenvalue weighted by molar-refractivity contribution is -0.129. The molecule has 0 aliphatic heterocycles. The number of carbonyl (C=O) groups excluding carboxylic acids is 1. The van der Waals surface area contributed by atoms with E-state index in [9.17, 15) is 4.79 Å². The first-order chi connectivity index (χ1) is 12.1. The molecular formula is C22H24N2O. The van der Waals surface area contributed by atoms with Gasteiger partial charge >= 0.3 is 0 Å². The fourth-order valence-corrected chi connectivity index (χ4v) is 3.73. The van der Waals surface area contributed by atoms with Gasteiger partial charge in [0.1, 0.15) is 0 Å². The van der Waals surface area contributed by atoms with Gasteiger partial charge in [-0.2, -0.15) is 0 Å². The quantitative estimate of drug-likeness (QED) is 0.746. The Hall–Kier alpha value is -2.55. The summed E-state index contributed by atoms with van der Waals surface area (Å²) in [5, 5.41) is 1.29. The summed E-state index contributed by atoms with van der Waals surface area (Å²) in [6, 6.07) is 16.7. The van der Waals surface area contributed by atoms with Crippen LogP contribution in [0.1, 0.15) is 29.5 Å². The van der Waals surface area contributed by atoms with E-state index in [1.54, 1.807) is 0 Å². The molecule has 1 aliphatic rings. The van der Waals surface area contributed by atoms with Crippen molar-refractivity contribution in [1.29, 1.82) is 0 Å². The van der Waals surface area contributed by atoms with Crippen LogP contribution in [-0.4, -0.2) is 29.4 Å². The van der Waals surface area contributed by atoms with Crippen molar-refractivity contribution in [2.24, 2.45) is 0 Å². The van der Waals surface area contributed by atoms with Crippen LogP contribution in [0, 0.1) is 6.92 Å². The van der Waals surface area contributed by atoms with Gasteiger partial charge in [0.05, 0.1) is 6.42 Å². The first-order valence-electron chi connectivity index (χ1n) is 8.94. The molecule has 0 radical (unpaired) electrons. The minimum Gasteiger partial charge on any atom is -0.361 e. The van der Waals surface area contributed by atoms with Crippen LogP contribution >= 0.6 is 0 Å². The lowest BCUT2D eigenvalue weighted by Gasteiger charge is -2.24. The number of hydrogen-bond donors (Lipinski definition) is 1. The van der Waals surface area contributed by atoms with Gasteiger partial charge in [-0.3, -0.25) is 4.79 Å². The number of benzene rings is 2. The van der Waals surface area contributed by atoms with Crippen molar-refractivity contribution in [3.8, 4) is 0 Å². The number of hydrogen-bond acceptors (Lipinski definition) is 1. The molecule has 1 saturated carbocycles. The smallest absolute Gasteiger partial charge is 0.226 e. The molecule has 0 saturated heterocycles. The second-order valence-corrected chi connectivity index (χ2v) is 7.44. The fraction of sp³-hybridized carbons (Fsp3) is 0.318. The molecule has 0 unspecified atom stereocenters. The van der Waals surface area contributed by atoms with E-state index in [-0.39, 0.29) is 11.3 Å².